The Hall–Kier alpha value is -0.870. The average molecular weight is 261 g/mol. The highest BCUT2D eigenvalue weighted by Gasteiger charge is 2.50. The molecule has 1 spiro atoms. The maximum absolute atomic E-state index is 13.3. The molecule has 0 aromatic heterocycles. The van der Waals surface area contributed by atoms with Crippen molar-refractivity contribution in [2.75, 3.05) is 13.1 Å². The van der Waals surface area contributed by atoms with Crippen molar-refractivity contribution in [2.45, 2.75) is 58.0 Å². The molecule has 2 rings (SSSR count). The summed E-state index contributed by atoms with van der Waals surface area (Å²) in [5.41, 5.74) is -0.899. The lowest BCUT2D eigenvalue weighted by molar-refractivity contribution is 0.0271. The van der Waals surface area contributed by atoms with Gasteiger partial charge in [0.25, 0.3) is 0 Å². The quantitative estimate of drug-likeness (QED) is 0.670. The fourth-order valence-corrected chi connectivity index (χ4v) is 2.92. The van der Waals surface area contributed by atoms with Crippen molar-refractivity contribution in [3.8, 4) is 0 Å². The molecule has 0 radical (unpaired) electrons. The molecule has 1 amide bonds. The van der Waals surface area contributed by atoms with E-state index in [0.29, 0.717) is 19.5 Å². The van der Waals surface area contributed by atoms with Gasteiger partial charge in [-0.2, -0.15) is 0 Å². The van der Waals surface area contributed by atoms with E-state index in [4.69, 9.17) is 4.74 Å². The largest absolute Gasteiger partial charge is 0.444 e. The van der Waals surface area contributed by atoms with E-state index in [0.717, 1.165) is 0 Å². The molecule has 1 saturated carbocycles. The lowest BCUT2D eigenvalue weighted by atomic mass is 9.85. The van der Waals surface area contributed by atoms with Crippen LogP contribution in [0, 0.1) is 5.41 Å². The Morgan fingerprint density at radius 2 is 1.83 bits per heavy atom. The maximum Gasteiger partial charge on any atom is 0.410 e. The summed E-state index contributed by atoms with van der Waals surface area (Å²) < 4.78 is 31.9. The van der Waals surface area contributed by atoms with Gasteiger partial charge in [-0.05, 0) is 45.4 Å². The summed E-state index contributed by atoms with van der Waals surface area (Å²) in [6, 6.07) is 0. The highest BCUT2D eigenvalue weighted by Crippen LogP contribution is 2.47. The van der Waals surface area contributed by atoms with Crippen molar-refractivity contribution in [3.63, 3.8) is 0 Å². The molecule has 0 aromatic rings. The van der Waals surface area contributed by atoms with Crippen molar-refractivity contribution in [3.05, 3.63) is 0 Å². The minimum atomic E-state index is -1.37. The summed E-state index contributed by atoms with van der Waals surface area (Å²) in [5, 5.41) is 0. The number of rotatable bonds is 0. The molecule has 2 atom stereocenters. The number of hydrogen-bond acceptors (Lipinski definition) is 2. The standard InChI is InChI=1S/C13H21F2NO2/c1-12(2,3)18-11(17)16-5-4-13(8-16)6-9(14)10(15)7-13/h9-10H,4-8H2,1-3H3. The SMILES string of the molecule is CC(C)(C)OC(=O)N1CCC2(CC(F)C(F)C2)C1. The lowest BCUT2D eigenvalue weighted by Gasteiger charge is -2.26. The molecular weight excluding hydrogens is 240 g/mol. The molecule has 0 bridgehead atoms. The van der Waals surface area contributed by atoms with E-state index in [2.05, 4.69) is 0 Å². The van der Waals surface area contributed by atoms with Crippen LogP contribution < -0.4 is 0 Å². The van der Waals surface area contributed by atoms with Crippen LogP contribution in [-0.4, -0.2) is 42.0 Å². The molecule has 18 heavy (non-hydrogen) atoms. The van der Waals surface area contributed by atoms with E-state index in [1.54, 1.807) is 4.90 Å². The van der Waals surface area contributed by atoms with Gasteiger partial charge >= 0.3 is 6.09 Å². The maximum atomic E-state index is 13.3. The third kappa shape index (κ3) is 2.75. The number of alkyl halides is 2. The Balaban J connectivity index is 1.95. The molecule has 0 aromatic carbocycles. The van der Waals surface area contributed by atoms with E-state index < -0.39 is 17.9 Å². The summed E-state index contributed by atoms with van der Waals surface area (Å²) in [6.07, 6.45) is -1.99. The predicted molar refractivity (Wildman–Crippen MR) is 63.9 cm³/mol. The Morgan fingerprint density at radius 3 is 2.33 bits per heavy atom. The van der Waals surface area contributed by atoms with Gasteiger partial charge in [-0.15, -0.1) is 0 Å². The number of hydrogen-bond donors (Lipinski definition) is 0. The van der Waals surface area contributed by atoms with Crippen molar-refractivity contribution in [1.82, 2.24) is 4.90 Å². The molecule has 2 unspecified atom stereocenters. The number of ether oxygens (including phenoxy) is 1. The van der Waals surface area contributed by atoms with Crippen LogP contribution >= 0.6 is 0 Å². The lowest BCUT2D eigenvalue weighted by Crippen LogP contribution is -2.36. The van der Waals surface area contributed by atoms with Gasteiger partial charge in [0.05, 0.1) is 0 Å². The average Bonchev–Trinajstić information content (AvgIpc) is 2.70. The van der Waals surface area contributed by atoms with Crippen LogP contribution in [0.15, 0.2) is 0 Å². The number of nitrogens with zero attached hydrogens (tertiary/aromatic N) is 1. The van der Waals surface area contributed by atoms with Crippen molar-refractivity contribution < 1.29 is 18.3 Å². The van der Waals surface area contributed by atoms with Gasteiger partial charge in [0.15, 0.2) is 0 Å². The highest BCUT2D eigenvalue weighted by atomic mass is 19.2. The first-order chi connectivity index (χ1) is 8.21. The molecule has 104 valence electrons. The molecular formula is C13H21F2NO2. The number of carbonyl (C=O) groups excluding carboxylic acids is 1. The van der Waals surface area contributed by atoms with E-state index in [9.17, 15) is 13.6 Å². The van der Waals surface area contributed by atoms with Gasteiger partial charge in [0.1, 0.15) is 17.9 Å². The van der Waals surface area contributed by atoms with E-state index >= 15 is 0 Å². The summed E-state index contributed by atoms with van der Waals surface area (Å²) >= 11 is 0. The molecule has 1 aliphatic heterocycles. The molecule has 0 N–H and O–H groups in total. The third-order valence-electron chi connectivity index (χ3n) is 3.74. The number of carbonyl (C=O) groups is 1. The fourth-order valence-electron chi connectivity index (χ4n) is 2.92. The molecule has 2 fully saturated rings. The van der Waals surface area contributed by atoms with Crippen LogP contribution in [-0.2, 0) is 4.74 Å². The van der Waals surface area contributed by atoms with Gasteiger partial charge in [-0.25, -0.2) is 13.6 Å². The second kappa shape index (κ2) is 4.35. The highest BCUT2D eigenvalue weighted by molar-refractivity contribution is 5.68. The van der Waals surface area contributed by atoms with Crippen LogP contribution in [0.5, 0.6) is 0 Å². The Morgan fingerprint density at radius 1 is 1.28 bits per heavy atom. The van der Waals surface area contributed by atoms with Gasteiger partial charge < -0.3 is 9.64 Å². The smallest absolute Gasteiger partial charge is 0.410 e. The van der Waals surface area contributed by atoms with Crippen LogP contribution in [0.2, 0.25) is 0 Å². The first-order valence-electron chi connectivity index (χ1n) is 6.47. The van der Waals surface area contributed by atoms with Gasteiger partial charge in [0, 0.05) is 13.1 Å². The topological polar surface area (TPSA) is 29.5 Å². The van der Waals surface area contributed by atoms with Gasteiger partial charge in [-0.3, -0.25) is 0 Å². The summed E-state index contributed by atoms with van der Waals surface area (Å²) in [6.45, 7) is 6.38. The third-order valence-corrected chi connectivity index (χ3v) is 3.74. The minimum absolute atomic E-state index is 0.230. The summed E-state index contributed by atoms with van der Waals surface area (Å²) in [4.78, 5) is 13.5. The van der Waals surface area contributed by atoms with Crippen molar-refractivity contribution in [1.29, 1.82) is 0 Å². The summed E-state index contributed by atoms with van der Waals surface area (Å²) in [5.74, 6) is 0. The van der Waals surface area contributed by atoms with Crippen molar-refractivity contribution >= 4 is 6.09 Å². The first-order valence-corrected chi connectivity index (χ1v) is 6.47. The Kier molecular flexibility index (Phi) is 3.28. The number of halogens is 2. The van der Waals surface area contributed by atoms with E-state index in [-0.39, 0.29) is 24.3 Å². The zero-order valence-electron chi connectivity index (χ0n) is 11.2. The minimum Gasteiger partial charge on any atom is -0.444 e. The molecule has 1 saturated heterocycles. The fraction of sp³-hybridized carbons (Fsp3) is 0.923. The van der Waals surface area contributed by atoms with Crippen LogP contribution in [0.1, 0.15) is 40.0 Å². The van der Waals surface area contributed by atoms with Gasteiger partial charge in [-0.1, -0.05) is 0 Å². The van der Waals surface area contributed by atoms with E-state index in [1.807, 2.05) is 20.8 Å². The zero-order chi connectivity index (χ0) is 13.6. The monoisotopic (exact) mass is 261 g/mol. The van der Waals surface area contributed by atoms with Crippen molar-refractivity contribution in [2.24, 2.45) is 5.41 Å². The molecule has 2 aliphatic rings. The van der Waals surface area contributed by atoms with Gasteiger partial charge in [0.2, 0.25) is 0 Å². The molecule has 1 heterocycles. The van der Waals surface area contributed by atoms with Crippen LogP contribution in [0.25, 0.3) is 0 Å². The summed E-state index contributed by atoms with van der Waals surface area (Å²) in [7, 11) is 0. The molecule has 3 nitrogen and oxygen atoms in total. The van der Waals surface area contributed by atoms with Crippen LogP contribution in [0.4, 0.5) is 13.6 Å². The Bertz CT molecular complexity index is 330. The number of likely N-dealkylation sites (tertiary alicyclic amines) is 1. The van der Waals surface area contributed by atoms with Crippen LogP contribution in [0.3, 0.4) is 0 Å². The number of amides is 1. The first kappa shape index (κ1) is 13.6. The van der Waals surface area contributed by atoms with E-state index in [1.165, 1.54) is 0 Å². The predicted octanol–water partition coefficient (Wildman–Crippen LogP) is 3.08. The molecule has 5 heteroatoms. The second-order valence-corrected chi connectivity index (χ2v) is 6.59. The zero-order valence-corrected chi connectivity index (χ0v) is 11.2. The normalized spacial score (nSPS) is 36.4. The Labute approximate surface area is 106 Å². The second-order valence-electron chi connectivity index (χ2n) is 6.59. The molecule has 1 aliphatic carbocycles.